The van der Waals surface area contributed by atoms with E-state index in [-0.39, 0.29) is 0 Å². The molecular formula is C23H22ClN5. The third-order valence-electron chi connectivity index (χ3n) is 5.74. The number of rotatable bonds is 3. The van der Waals surface area contributed by atoms with E-state index < -0.39 is 0 Å². The highest BCUT2D eigenvalue weighted by molar-refractivity contribution is 6.29. The minimum atomic E-state index is 0.466. The third kappa shape index (κ3) is 3.26. The number of hydrogen-bond donors (Lipinski definition) is 1. The van der Waals surface area contributed by atoms with Gasteiger partial charge in [-0.2, -0.15) is 0 Å². The Labute approximate surface area is 174 Å². The summed E-state index contributed by atoms with van der Waals surface area (Å²) < 4.78 is 2.11. The molecule has 146 valence electrons. The third-order valence-corrected chi connectivity index (χ3v) is 5.96. The first-order chi connectivity index (χ1) is 14.1. The minimum Gasteiger partial charge on any atom is -0.383 e. The summed E-state index contributed by atoms with van der Waals surface area (Å²) in [5.74, 6) is 1.09. The Hall–Kier alpha value is -2.89. The van der Waals surface area contributed by atoms with Gasteiger partial charge < -0.3 is 10.6 Å². The fourth-order valence-corrected chi connectivity index (χ4v) is 4.39. The summed E-state index contributed by atoms with van der Waals surface area (Å²) >= 11 is 6.22. The van der Waals surface area contributed by atoms with Crippen LogP contribution in [0.2, 0.25) is 5.15 Å². The molecule has 1 fully saturated rings. The molecule has 1 aliphatic heterocycles. The van der Waals surface area contributed by atoms with Gasteiger partial charge in [-0.3, -0.25) is 4.57 Å². The predicted octanol–water partition coefficient (Wildman–Crippen LogP) is 4.74. The normalized spacial score (nSPS) is 17.2. The SMILES string of the molecule is CN1CCC(c2ccc(-n3c(-c4cccnc4N)cc4ccc(Cl)nc43)cc2)C1. The molecule has 0 amide bonds. The lowest BCUT2D eigenvalue weighted by Crippen LogP contribution is -2.13. The van der Waals surface area contributed by atoms with E-state index in [0.29, 0.717) is 16.9 Å². The number of benzene rings is 1. The van der Waals surface area contributed by atoms with Gasteiger partial charge in [-0.25, -0.2) is 9.97 Å². The lowest BCUT2D eigenvalue weighted by atomic mass is 9.98. The van der Waals surface area contributed by atoms with E-state index in [1.165, 1.54) is 12.0 Å². The second-order valence-corrected chi connectivity index (χ2v) is 8.07. The molecule has 1 saturated heterocycles. The number of anilines is 1. The Bertz CT molecular complexity index is 1180. The zero-order valence-corrected chi connectivity index (χ0v) is 17.0. The second-order valence-electron chi connectivity index (χ2n) is 7.69. The number of aromatic nitrogens is 3. The highest BCUT2D eigenvalue weighted by Crippen LogP contribution is 2.34. The molecule has 4 heterocycles. The number of nitrogens with zero attached hydrogens (tertiary/aromatic N) is 4. The van der Waals surface area contributed by atoms with Crippen LogP contribution in [0.5, 0.6) is 0 Å². The van der Waals surface area contributed by atoms with Crippen molar-refractivity contribution in [3.05, 3.63) is 71.5 Å². The number of likely N-dealkylation sites (N-methyl/N-ethyl adjacent to an activating group) is 1. The summed E-state index contributed by atoms with van der Waals surface area (Å²) in [5, 5.41) is 1.47. The molecule has 1 aliphatic rings. The number of fused-ring (bicyclic) bond motifs is 1. The summed E-state index contributed by atoms with van der Waals surface area (Å²) in [6.45, 7) is 2.27. The molecule has 0 saturated carbocycles. The first-order valence-corrected chi connectivity index (χ1v) is 10.2. The second kappa shape index (κ2) is 7.17. The van der Waals surface area contributed by atoms with E-state index >= 15 is 0 Å². The quantitative estimate of drug-likeness (QED) is 0.502. The van der Waals surface area contributed by atoms with Crippen LogP contribution >= 0.6 is 11.6 Å². The molecule has 1 aromatic carbocycles. The topological polar surface area (TPSA) is 60.0 Å². The molecule has 0 radical (unpaired) electrons. The molecule has 6 heteroatoms. The zero-order chi connectivity index (χ0) is 20.0. The molecule has 1 unspecified atom stereocenters. The van der Waals surface area contributed by atoms with E-state index in [1.54, 1.807) is 6.20 Å². The van der Waals surface area contributed by atoms with Crippen LogP contribution in [0.15, 0.2) is 60.8 Å². The maximum atomic E-state index is 6.22. The smallest absolute Gasteiger partial charge is 0.146 e. The minimum absolute atomic E-state index is 0.466. The van der Waals surface area contributed by atoms with Crippen molar-refractivity contribution >= 4 is 28.5 Å². The lowest BCUT2D eigenvalue weighted by molar-refractivity contribution is 0.411. The average molecular weight is 404 g/mol. The maximum Gasteiger partial charge on any atom is 0.146 e. The Morgan fingerprint density at radius 1 is 1.10 bits per heavy atom. The van der Waals surface area contributed by atoms with Crippen molar-refractivity contribution in [3.8, 4) is 16.9 Å². The van der Waals surface area contributed by atoms with Crippen LogP contribution in [-0.2, 0) is 0 Å². The number of halogens is 1. The fraction of sp³-hybridized carbons (Fsp3) is 0.217. The zero-order valence-electron chi connectivity index (χ0n) is 16.2. The van der Waals surface area contributed by atoms with E-state index in [1.807, 2.05) is 24.3 Å². The van der Waals surface area contributed by atoms with E-state index in [2.05, 4.69) is 56.8 Å². The molecular weight excluding hydrogens is 382 g/mol. The Morgan fingerprint density at radius 2 is 1.93 bits per heavy atom. The summed E-state index contributed by atoms with van der Waals surface area (Å²) in [6.07, 6.45) is 2.91. The van der Waals surface area contributed by atoms with Crippen LogP contribution in [0.4, 0.5) is 5.82 Å². The van der Waals surface area contributed by atoms with Crippen molar-refractivity contribution in [3.63, 3.8) is 0 Å². The highest BCUT2D eigenvalue weighted by Gasteiger charge is 2.21. The molecule has 3 aromatic heterocycles. The van der Waals surface area contributed by atoms with Gasteiger partial charge in [0.15, 0.2) is 0 Å². The Morgan fingerprint density at radius 3 is 2.66 bits per heavy atom. The largest absolute Gasteiger partial charge is 0.383 e. The first kappa shape index (κ1) is 18.2. The predicted molar refractivity (Wildman–Crippen MR) is 119 cm³/mol. The molecule has 29 heavy (non-hydrogen) atoms. The monoisotopic (exact) mass is 403 g/mol. The van der Waals surface area contributed by atoms with Crippen molar-refractivity contribution in [1.29, 1.82) is 0 Å². The van der Waals surface area contributed by atoms with Gasteiger partial charge in [-0.1, -0.05) is 23.7 Å². The number of nitrogen functional groups attached to an aromatic ring is 1. The van der Waals surface area contributed by atoms with E-state index in [0.717, 1.165) is 41.1 Å². The molecule has 0 spiro atoms. The van der Waals surface area contributed by atoms with Gasteiger partial charge in [0.1, 0.15) is 16.6 Å². The fourth-order valence-electron chi connectivity index (χ4n) is 4.25. The molecule has 0 aliphatic carbocycles. The number of likely N-dealkylation sites (tertiary alicyclic amines) is 1. The Kier molecular flexibility index (Phi) is 4.49. The van der Waals surface area contributed by atoms with Crippen LogP contribution in [0.25, 0.3) is 28.0 Å². The van der Waals surface area contributed by atoms with Crippen LogP contribution < -0.4 is 5.73 Å². The van der Waals surface area contributed by atoms with Gasteiger partial charge in [-0.05, 0) is 74.0 Å². The van der Waals surface area contributed by atoms with Crippen molar-refractivity contribution < 1.29 is 0 Å². The molecule has 5 nitrogen and oxygen atoms in total. The first-order valence-electron chi connectivity index (χ1n) is 9.78. The Balaban J connectivity index is 1.66. The molecule has 2 N–H and O–H groups in total. The number of hydrogen-bond acceptors (Lipinski definition) is 4. The van der Waals surface area contributed by atoms with Gasteiger partial charge in [0.05, 0.1) is 5.69 Å². The van der Waals surface area contributed by atoms with Gasteiger partial charge in [0.2, 0.25) is 0 Å². The summed E-state index contributed by atoms with van der Waals surface area (Å²) in [5.41, 5.74) is 11.2. The van der Waals surface area contributed by atoms with Gasteiger partial charge >= 0.3 is 0 Å². The van der Waals surface area contributed by atoms with Crippen LogP contribution in [0, 0.1) is 0 Å². The van der Waals surface area contributed by atoms with Crippen molar-refractivity contribution in [2.24, 2.45) is 0 Å². The van der Waals surface area contributed by atoms with Crippen LogP contribution in [0.3, 0.4) is 0 Å². The van der Waals surface area contributed by atoms with E-state index in [9.17, 15) is 0 Å². The van der Waals surface area contributed by atoms with Crippen LogP contribution in [0.1, 0.15) is 17.9 Å². The standard InChI is InChI=1S/C23H22ClN5/c1-28-12-10-17(14-28)15-4-7-18(8-5-15)29-20(19-3-2-11-26-22(19)25)13-16-6-9-21(24)27-23(16)29/h2-9,11,13,17H,10,12,14H2,1H3,(H2,25,26). The lowest BCUT2D eigenvalue weighted by Gasteiger charge is -2.14. The van der Waals surface area contributed by atoms with Gasteiger partial charge in [-0.15, -0.1) is 0 Å². The number of pyridine rings is 2. The van der Waals surface area contributed by atoms with Crippen molar-refractivity contribution in [1.82, 2.24) is 19.4 Å². The van der Waals surface area contributed by atoms with Crippen molar-refractivity contribution in [2.75, 3.05) is 25.9 Å². The average Bonchev–Trinajstić information content (AvgIpc) is 3.32. The highest BCUT2D eigenvalue weighted by atomic mass is 35.5. The maximum absolute atomic E-state index is 6.22. The summed E-state index contributed by atoms with van der Waals surface area (Å²) in [6, 6.07) is 18.5. The van der Waals surface area contributed by atoms with Crippen LogP contribution in [-0.4, -0.2) is 39.6 Å². The molecule has 1 atom stereocenters. The molecule has 5 rings (SSSR count). The van der Waals surface area contributed by atoms with Crippen molar-refractivity contribution in [2.45, 2.75) is 12.3 Å². The molecule has 0 bridgehead atoms. The summed E-state index contributed by atoms with van der Waals surface area (Å²) in [7, 11) is 2.18. The van der Waals surface area contributed by atoms with E-state index in [4.69, 9.17) is 17.3 Å². The number of nitrogens with two attached hydrogens (primary N) is 1. The van der Waals surface area contributed by atoms with Gasteiger partial charge in [0.25, 0.3) is 0 Å². The summed E-state index contributed by atoms with van der Waals surface area (Å²) in [4.78, 5) is 11.2. The molecule has 4 aromatic rings. The van der Waals surface area contributed by atoms with Gasteiger partial charge in [0, 0.05) is 29.4 Å².